The van der Waals surface area contributed by atoms with E-state index in [0.29, 0.717) is 17.3 Å². The minimum atomic E-state index is -0.443. The van der Waals surface area contributed by atoms with Crippen molar-refractivity contribution < 1.29 is 9.53 Å². The second-order valence-electron chi connectivity index (χ2n) is 2.87. The number of hydrogen-bond acceptors (Lipinski definition) is 5. The third-order valence-corrected chi connectivity index (χ3v) is 1.89. The fourth-order valence-electron chi connectivity index (χ4n) is 0.899. The number of rotatable bonds is 5. The van der Waals surface area contributed by atoms with E-state index in [-0.39, 0.29) is 13.2 Å². The molecule has 1 rings (SSSR count). The predicted molar refractivity (Wildman–Crippen MR) is 60.8 cm³/mol. The Hall–Kier alpha value is -1.46. The van der Waals surface area contributed by atoms with E-state index in [1.807, 2.05) is 0 Å². The van der Waals surface area contributed by atoms with E-state index < -0.39 is 5.97 Å². The molecule has 0 aliphatic rings. The molecule has 0 spiro atoms. The van der Waals surface area contributed by atoms with Gasteiger partial charge in [0.2, 0.25) is 0 Å². The maximum Gasteiger partial charge on any atom is 0.319 e. The van der Waals surface area contributed by atoms with Crippen molar-refractivity contribution in [3.8, 4) is 0 Å². The van der Waals surface area contributed by atoms with Crippen LogP contribution in [0.2, 0.25) is 5.02 Å². The van der Waals surface area contributed by atoms with Crippen LogP contribution >= 0.6 is 11.6 Å². The molecule has 1 aromatic carbocycles. The maximum absolute atomic E-state index is 10.6. The third-order valence-electron chi connectivity index (χ3n) is 1.63. The van der Waals surface area contributed by atoms with Crippen molar-refractivity contribution in [2.24, 2.45) is 16.0 Å². The Morgan fingerprint density at radius 1 is 1.38 bits per heavy atom. The van der Waals surface area contributed by atoms with Crippen molar-refractivity contribution in [1.29, 1.82) is 0 Å². The Balaban J connectivity index is 2.27. The van der Waals surface area contributed by atoms with Gasteiger partial charge < -0.3 is 10.5 Å². The van der Waals surface area contributed by atoms with Crippen molar-refractivity contribution in [1.82, 2.24) is 0 Å². The number of nitrogens with two attached hydrogens (primary N) is 1. The van der Waals surface area contributed by atoms with Gasteiger partial charge in [0.1, 0.15) is 6.61 Å². The number of esters is 1. The molecule has 5 nitrogen and oxygen atoms in total. The normalized spacial score (nSPS) is 10.6. The monoisotopic (exact) mass is 241 g/mol. The molecule has 0 heterocycles. The van der Waals surface area contributed by atoms with E-state index in [4.69, 9.17) is 22.1 Å². The van der Waals surface area contributed by atoms with Gasteiger partial charge in [0.05, 0.1) is 18.8 Å². The van der Waals surface area contributed by atoms with Crippen LogP contribution in [-0.2, 0) is 9.53 Å². The van der Waals surface area contributed by atoms with Crippen molar-refractivity contribution in [2.75, 3.05) is 19.7 Å². The van der Waals surface area contributed by atoms with Crippen molar-refractivity contribution in [3.63, 3.8) is 0 Å². The van der Waals surface area contributed by atoms with Crippen LogP contribution in [0, 0.1) is 0 Å². The van der Waals surface area contributed by atoms with Gasteiger partial charge in [-0.1, -0.05) is 11.6 Å². The summed E-state index contributed by atoms with van der Waals surface area (Å²) in [4.78, 5) is 10.6. The minimum Gasteiger partial charge on any atom is -0.463 e. The summed E-state index contributed by atoms with van der Waals surface area (Å²) in [6, 6.07) is 6.95. The first-order valence-electron chi connectivity index (χ1n) is 4.71. The maximum atomic E-state index is 10.6. The summed E-state index contributed by atoms with van der Waals surface area (Å²) in [6.45, 7) is 0.385. The molecule has 6 heteroatoms. The van der Waals surface area contributed by atoms with Crippen molar-refractivity contribution in [3.05, 3.63) is 29.3 Å². The summed E-state index contributed by atoms with van der Waals surface area (Å²) in [5.74, 6) is -0.443. The number of ether oxygens (including phenoxy) is 1. The second kappa shape index (κ2) is 6.92. The average molecular weight is 242 g/mol. The lowest BCUT2D eigenvalue weighted by Crippen LogP contribution is -2.17. The first-order valence-corrected chi connectivity index (χ1v) is 5.09. The predicted octanol–water partition coefficient (Wildman–Crippen LogP) is 1.93. The van der Waals surface area contributed by atoms with Gasteiger partial charge in [0, 0.05) is 5.02 Å². The second-order valence-corrected chi connectivity index (χ2v) is 3.30. The Bertz CT molecular complexity index is 365. The highest BCUT2D eigenvalue weighted by molar-refractivity contribution is 6.30. The van der Waals surface area contributed by atoms with Gasteiger partial charge in [-0.05, 0) is 24.3 Å². The lowest BCUT2D eigenvalue weighted by molar-refractivity contribution is -0.141. The molecular weight excluding hydrogens is 230 g/mol. The van der Waals surface area contributed by atoms with E-state index in [0.717, 1.165) is 0 Å². The summed E-state index contributed by atoms with van der Waals surface area (Å²) >= 11 is 5.70. The number of azo groups is 1. The fourth-order valence-corrected chi connectivity index (χ4v) is 1.02. The zero-order chi connectivity index (χ0) is 11.8. The summed E-state index contributed by atoms with van der Waals surface area (Å²) in [6.07, 6.45) is 0. The number of benzene rings is 1. The quantitative estimate of drug-likeness (QED) is 0.486. The standard InChI is InChI=1S/C10H12ClN3O2/c11-8-1-3-9(4-2-8)14-13-5-6-16-10(15)7-12/h1-4H,5-7,12H2. The van der Waals surface area contributed by atoms with Crippen LogP contribution in [-0.4, -0.2) is 25.7 Å². The van der Waals surface area contributed by atoms with Gasteiger partial charge in [-0.15, -0.1) is 0 Å². The Labute approximate surface area is 98.3 Å². The van der Waals surface area contributed by atoms with Gasteiger partial charge >= 0.3 is 5.97 Å². The topological polar surface area (TPSA) is 77.0 Å². The lowest BCUT2D eigenvalue weighted by atomic mass is 10.3. The highest BCUT2D eigenvalue weighted by atomic mass is 35.5. The molecule has 0 atom stereocenters. The Morgan fingerprint density at radius 2 is 2.06 bits per heavy atom. The summed E-state index contributed by atoms with van der Waals surface area (Å²) in [5, 5.41) is 8.40. The molecule has 2 N–H and O–H groups in total. The summed E-state index contributed by atoms with van der Waals surface area (Å²) in [5.41, 5.74) is 5.75. The fraction of sp³-hybridized carbons (Fsp3) is 0.300. The lowest BCUT2D eigenvalue weighted by Gasteiger charge is -1.98. The number of carbonyl (C=O) groups is 1. The zero-order valence-corrected chi connectivity index (χ0v) is 9.35. The smallest absolute Gasteiger partial charge is 0.319 e. The van der Waals surface area contributed by atoms with E-state index in [2.05, 4.69) is 10.2 Å². The van der Waals surface area contributed by atoms with Crippen LogP contribution in [0.3, 0.4) is 0 Å². The van der Waals surface area contributed by atoms with Crippen molar-refractivity contribution >= 4 is 23.3 Å². The van der Waals surface area contributed by atoms with E-state index in [1.165, 1.54) is 0 Å². The molecule has 16 heavy (non-hydrogen) atoms. The molecule has 1 aromatic rings. The van der Waals surface area contributed by atoms with Gasteiger partial charge in [-0.2, -0.15) is 10.2 Å². The van der Waals surface area contributed by atoms with Gasteiger partial charge in [0.15, 0.2) is 0 Å². The molecule has 0 saturated heterocycles. The van der Waals surface area contributed by atoms with Crippen LogP contribution in [0.15, 0.2) is 34.5 Å². The average Bonchev–Trinajstić information content (AvgIpc) is 2.31. The summed E-state index contributed by atoms with van der Waals surface area (Å²) in [7, 11) is 0. The molecule has 0 aliphatic heterocycles. The number of hydrogen-bond donors (Lipinski definition) is 1. The molecule has 0 unspecified atom stereocenters. The highest BCUT2D eigenvalue weighted by Gasteiger charge is 1.96. The molecule has 0 aromatic heterocycles. The molecule has 0 amide bonds. The molecule has 86 valence electrons. The highest BCUT2D eigenvalue weighted by Crippen LogP contribution is 2.16. The third kappa shape index (κ3) is 4.86. The molecular formula is C10H12ClN3O2. The molecule has 0 aliphatic carbocycles. The van der Waals surface area contributed by atoms with Crippen LogP contribution in [0.1, 0.15) is 0 Å². The molecule has 0 fully saturated rings. The summed E-state index contributed by atoms with van der Waals surface area (Å²) < 4.78 is 4.71. The Kier molecular flexibility index (Phi) is 5.45. The zero-order valence-electron chi connectivity index (χ0n) is 8.60. The number of carbonyl (C=O) groups excluding carboxylic acids is 1. The Morgan fingerprint density at radius 3 is 2.69 bits per heavy atom. The van der Waals surface area contributed by atoms with Crippen LogP contribution in [0.25, 0.3) is 0 Å². The SMILES string of the molecule is NCC(=O)OCCN=Nc1ccc(Cl)cc1. The molecule has 0 radical (unpaired) electrons. The largest absolute Gasteiger partial charge is 0.463 e. The minimum absolute atomic E-state index is 0.117. The number of nitrogens with zero attached hydrogens (tertiary/aromatic N) is 2. The van der Waals surface area contributed by atoms with Crippen molar-refractivity contribution in [2.45, 2.75) is 0 Å². The van der Waals surface area contributed by atoms with Gasteiger partial charge in [0.25, 0.3) is 0 Å². The molecule has 0 bridgehead atoms. The van der Waals surface area contributed by atoms with Gasteiger partial charge in [-0.3, -0.25) is 4.79 Å². The first-order chi connectivity index (χ1) is 7.72. The molecule has 0 saturated carbocycles. The van der Waals surface area contributed by atoms with E-state index in [1.54, 1.807) is 24.3 Å². The van der Waals surface area contributed by atoms with Crippen LogP contribution in [0.5, 0.6) is 0 Å². The van der Waals surface area contributed by atoms with Gasteiger partial charge in [-0.25, -0.2) is 0 Å². The van der Waals surface area contributed by atoms with Crippen LogP contribution in [0.4, 0.5) is 5.69 Å². The first kappa shape index (κ1) is 12.6. The van der Waals surface area contributed by atoms with E-state index in [9.17, 15) is 4.79 Å². The van der Waals surface area contributed by atoms with Crippen LogP contribution < -0.4 is 5.73 Å². The number of halogens is 1. The van der Waals surface area contributed by atoms with E-state index >= 15 is 0 Å².